The SMILES string of the molecule is COCCCN(CC(=O)N(CCc1c[nH]c2ccccc12)Cc1ccc(Cl)cc1)Cc1ccccc1Cl. The first-order valence-corrected chi connectivity index (χ1v) is 13.3. The number of amides is 1. The fourth-order valence-electron chi connectivity index (χ4n) is 4.50. The molecule has 4 rings (SSSR count). The van der Waals surface area contributed by atoms with Gasteiger partial charge in [-0.25, -0.2) is 0 Å². The summed E-state index contributed by atoms with van der Waals surface area (Å²) in [7, 11) is 1.70. The van der Waals surface area contributed by atoms with Crippen LogP contribution in [0.4, 0.5) is 0 Å². The number of carbonyl (C=O) groups excluding carboxylic acids is 1. The van der Waals surface area contributed by atoms with E-state index in [0.717, 1.165) is 36.0 Å². The number of aromatic nitrogens is 1. The van der Waals surface area contributed by atoms with Gasteiger partial charge in [0.25, 0.3) is 0 Å². The van der Waals surface area contributed by atoms with Crippen LogP contribution in [-0.2, 0) is 29.0 Å². The first kappa shape index (κ1) is 27.2. The quantitative estimate of drug-likeness (QED) is 0.196. The number of rotatable bonds is 13. The van der Waals surface area contributed by atoms with Crippen LogP contribution in [0.15, 0.2) is 79.0 Å². The first-order valence-electron chi connectivity index (χ1n) is 12.6. The molecule has 0 saturated heterocycles. The Kier molecular flexibility index (Phi) is 10.0. The van der Waals surface area contributed by atoms with E-state index in [4.69, 9.17) is 27.9 Å². The van der Waals surface area contributed by atoms with Crippen LogP contribution in [0.1, 0.15) is 23.1 Å². The number of halogens is 2. The minimum Gasteiger partial charge on any atom is -0.385 e. The van der Waals surface area contributed by atoms with E-state index in [2.05, 4.69) is 22.0 Å². The van der Waals surface area contributed by atoms with Crippen LogP contribution < -0.4 is 0 Å². The molecule has 5 nitrogen and oxygen atoms in total. The van der Waals surface area contributed by atoms with Gasteiger partial charge in [-0.15, -0.1) is 0 Å². The standard InChI is InChI=1S/C30H33Cl2N3O2/c1-37-18-6-16-34(21-25-7-2-4-9-28(25)32)22-30(36)35(20-23-11-13-26(31)14-12-23)17-15-24-19-33-29-10-5-3-8-27(24)29/h2-5,7-14,19,33H,6,15-18,20-22H2,1H3. The molecule has 0 aliphatic rings. The molecular weight excluding hydrogens is 505 g/mol. The van der Waals surface area contributed by atoms with E-state index < -0.39 is 0 Å². The number of nitrogens with one attached hydrogen (secondary N) is 1. The van der Waals surface area contributed by atoms with Crippen molar-refractivity contribution in [2.45, 2.75) is 25.9 Å². The Hall–Kier alpha value is -2.83. The second-order valence-electron chi connectivity index (χ2n) is 9.20. The molecule has 0 atom stereocenters. The van der Waals surface area contributed by atoms with Gasteiger partial charge in [0, 0.05) is 67.0 Å². The number of para-hydroxylation sites is 1. The molecule has 194 valence electrons. The van der Waals surface area contributed by atoms with Gasteiger partial charge in [0.15, 0.2) is 0 Å². The molecule has 1 amide bonds. The van der Waals surface area contributed by atoms with Crippen LogP contribution in [0.3, 0.4) is 0 Å². The predicted molar refractivity (Wildman–Crippen MR) is 152 cm³/mol. The van der Waals surface area contributed by atoms with Crippen LogP contribution in [0.5, 0.6) is 0 Å². The third kappa shape index (κ3) is 7.83. The van der Waals surface area contributed by atoms with Crippen molar-refractivity contribution in [3.05, 3.63) is 106 Å². The number of carbonyl (C=O) groups is 1. The Morgan fingerprint density at radius 1 is 0.892 bits per heavy atom. The Bertz CT molecular complexity index is 1290. The monoisotopic (exact) mass is 537 g/mol. The maximum Gasteiger partial charge on any atom is 0.237 e. The number of fused-ring (bicyclic) bond motifs is 1. The summed E-state index contributed by atoms with van der Waals surface area (Å²) in [5.41, 5.74) is 4.38. The zero-order valence-corrected chi connectivity index (χ0v) is 22.6. The summed E-state index contributed by atoms with van der Waals surface area (Å²) >= 11 is 12.5. The topological polar surface area (TPSA) is 48.6 Å². The molecule has 0 aliphatic carbocycles. The molecule has 0 unspecified atom stereocenters. The highest BCUT2D eigenvalue weighted by molar-refractivity contribution is 6.31. The third-order valence-electron chi connectivity index (χ3n) is 6.50. The second kappa shape index (κ2) is 13.6. The number of nitrogens with zero attached hydrogens (tertiary/aromatic N) is 2. The average Bonchev–Trinajstić information content (AvgIpc) is 3.32. The Morgan fingerprint density at radius 3 is 2.43 bits per heavy atom. The molecule has 0 radical (unpaired) electrons. The summed E-state index contributed by atoms with van der Waals surface area (Å²) in [5.74, 6) is 0.0826. The second-order valence-corrected chi connectivity index (χ2v) is 10.0. The molecule has 0 bridgehead atoms. The first-order chi connectivity index (χ1) is 18.0. The van der Waals surface area contributed by atoms with Gasteiger partial charge >= 0.3 is 0 Å². The summed E-state index contributed by atoms with van der Waals surface area (Å²) in [6.07, 6.45) is 3.64. The smallest absolute Gasteiger partial charge is 0.237 e. The van der Waals surface area contributed by atoms with Crippen LogP contribution in [-0.4, -0.2) is 54.0 Å². The lowest BCUT2D eigenvalue weighted by Gasteiger charge is -2.28. The molecule has 1 N–H and O–H groups in total. The molecule has 7 heteroatoms. The molecule has 1 aromatic heterocycles. The zero-order chi connectivity index (χ0) is 26.0. The van der Waals surface area contributed by atoms with Gasteiger partial charge in [0.1, 0.15) is 0 Å². The van der Waals surface area contributed by atoms with Gasteiger partial charge in [0.2, 0.25) is 5.91 Å². The van der Waals surface area contributed by atoms with E-state index in [1.54, 1.807) is 7.11 Å². The van der Waals surface area contributed by atoms with E-state index in [1.165, 1.54) is 10.9 Å². The lowest BCUT2D eigenvalue weighted by atomic mass is 10.1. The van der Waals surface area contributed by atoms with Crippen molar-refractivity contribution < 1.29 is 9.53 Å². The number of methoxy groups -OCH3 is 1. The van der Waals surface area contributed by atoms with E-state index in [9.17, 15) is 4.79 Å². The van der Waals surface area contributed by atoms with Crippen LogP contribution in [0.2, 0.25) is 10.0 Å². The Balaban J connectivity index is 1.51. The van der Waals surface area contributed by atoms with Gasteiger partial charge < -0.3 is 14.6 Å². The van der Waals surface area contributed by atoms with E-state index in [-0.39, 0.29) is 5.91 Å². The highest BCUT2D eigenvalue weighted by Gasteiger charge is 2.19. The minimum atomic E-state index is 0.0826. The van der Waals surface area contributed by atoms with Gasteiger partial charge in [-0.3, -0.25) is 9.69 Å². The van der Waals surface area contributed by atoms with Gasteiger partial charge in [0.05, 0.1) is 6.54 Å². The molecule has 0 fully saturated rings. The summed E-state index contributed by atoms with van der Waals surface area (Å²) in [6, 6.07) is 23.8. The fraction of sp³-hybridized carbons (Fsp3) is 0.300. The van der Waals surface area contributed by atoms with Crippen LogP contribution in [0.25, 0.3) is 10.9 Å². The summed E-state index contributed by atoms with van der Waals surface area (Å²) in [4.78, 5) is 21.2. The van der Waals surface area contributed by atoms with Crippen LogP contribution in [0, 0.1) is 0 Å². The number of hydrogen-bond donors (Lipinski definition) is 1. The van der Waals surface area contributed by atoms with Crippen molar-refractivity contribution in [2.24, 2.45) is 0 Å². The van der Waals surface area contributed by atoms with Crippen LogP contribution >= 0.6 is 23.2 Å². The van der Waals surface area contributed by atoms with Crippen molar-refractivity contribution in [3.8, 4) is 0 Å². The van der Waals surface area contributed by atoms with Gasteiger partial charge in [-0.05, 0) is 53.8 Å². The number of ether oxygens (including phenoxy) is 1. The van der Waals surface area contributed by atoms with E-state index >= 15 is 0 Å². The number of benzene rings is 3. The minimum absolute atomic E-state index is 0.0826. The van der Waals surface area contributed by atoms with E-state index in [0.29, 0.717) is 42.8 Å². The number of H-pyrrole nitrogens is 1. The summed E-state index contributed by atoms with van der Waals surface area (Å²) in [5, 5.41) is 2.59. The maximum absolute atomic E-state index is 13.7. The molecule has 37 heavy (non-hydrogen) atoms. The highest BCUT2D eigenvalue weighted by Crippen LogP contribution is 2.20. The van der Waals surface area contributed by atoms with Crippen molar-refractivity contribution in [1.82, 2.24) is 14.8 Å². The lowest BCUT2D eigenvalue weighted by Crippen LogP contribution is -2.41. The van der Waals surface area contributed by atoms with E-state index in [1.807, 2.05) is 71.8 Å². The predicted octanol–water partition coefficient (Wildman–Crippen LogP) is 6.58. The average molecular weight is 539 g/mol. The lowest BCUT2D eigenvalue weighted by molar-refractivity contribution is -0.133. The molecule has 0 spiro atoms. The van der Waals surface area contributed by atoms with Gasteiger partial charge in [-0.2, -0.15) is 0 Å². The molecule has 4 aromatic rings. The van der Waals surface area contributed by atoms with Crippen molar-refractivity contribution >= 4 is 40.0 Å². The molecule has 0 saturated carbocycles. The Morgan fingerprint density at radius 2 is 1.65 bits per heavy atom. The van der Waals surface area contributed by atoms with Crippen molar-refractivity contribution in [3.63, 3.8) is 0 Å². The zero-order valence-electron chi connectivity index (χ0n) is 21.1. The molecule has 0 aliphatic heterocycles. The fourth-order valence-corrected chi connectivity index (χ4v) is 4.82. The van der Waals surface area contributed by atoms with Crippen molar-refractivity contribution in [1.29, 1.82) is 0 Å². The number of hydrogen-bond acceptors (Lipinski definition) is 3. The van der Waals surface area contributed by atoms with Gasteiger partial charge in [-0.1, -0.05) is 71.7 Å². The molecule has 3 aromatic carbocycles. The molecular formula is C30H33Cl2N3O2. The highest BCUT2D eigenvalue weighted by atomic mass is 35.5. The maximum atomic E-state index is 13.7. The summed E-state index contributed by atoms with van der Waals surface area (Å²) in [6.45, 7) is 3.42. The number of aromatic amines is 1. The molecule has 1 heterocycles. The largest absolute Gasteiger partial charge is 0.385 e. The van der Waals surface area contributed by atoms with Crippen molar-refractivity contribution in [2.75, 3.05) is 33.4 Å². The summed E-state index contributed by atoms with van der Waals surface area (Å²) < 4.78 is 5.26. The Labute approximate surface area is 228 Å². The normalized spacial score (nSPS) is 11.4. The third-order valence-corrected chi connectivity index (χ3v) is 7.12.